The van der Waals surface area contributed by atoms with E-state index in [-0.39, 0.29) is 12.5 Å². The first kappa shape index (κ1) is 16.6. The molecule has 120 valence electrons. The van der Waals surface area contributed by atoms with Crippen molar-refractivity contribution in [3.05, 3.63) is 48.4 Å². The van der Waals surface area contributed by atoms with E-state index in [1.807, 2.05) is 30.3 Å². The summed E-state index contributed by atoms with van der Waals surface area (Å²) >= 11 is 0. The molecular weight excluding hydrogens is 294 g/mol. The Kier molecular flexibility index (Phi) is 5.05. The molecule has 1 aromatic heterocycles. The first-order valence-electron chi connectivity index (χ1n) is 7.29. The van der Waals surface area contributed by atoms with E-state index in [1.54, 1.807) is 13.8 Å². The molecule has 0 bridgehead atoms. The highest BCUT2D eigenvalue weighted by Gasteiger charge is 2.26. The highest BCUT2D eigenvalue weighted by Crippen LogP contribution is 2.21. The van der Waals surface area contributed by atoms with Crippen LogP contribution in [0.25, 0.3) is 11.3 Å². The maximum absolute atomic E-state index is 12.4. The molecule has 0 spiro atoms. The molecule has 2 N–H and O–H groups in total. The van der Waals surface area contributed by atoms with E-state index in [0.717, 1.165) is 5.56 Å². The predicted octanol–water partition coefficient (Wildman–Crippen LogP) is 2.37. The zero-order valence-corrected chi connectivity index (χ0v) is 13.1. The molecule has 0 unspecified atom stereocenters. The van der Waals surface area contributed by atoms with Crippen LogP contribution >= 0.6 is 0 Å². The molecule has 1 amide bonds. The number of aromatic nitrogens is 2. The van der Waals surface area contributed by atoms with Gasteiger partial charge in [-0.25, -0.2) is 9.97 Å². The third-order valence-electron chi connectivity index (χ3n) is 3.62. The van der Waals surface area contributed by atoms with Crippen molar-refractivity contribution < 1.29 is 14.7 Å². The molecular formula is C17H19N3O3. The Morgan fingerprint density at radius 3 is 2.57 bits per heavy atom. The summed E-state index contributed by atoms with van der Waals surface area (Å²) in [5.41, 5.74) is 0.858. The standard InChI is InChI=1S/C17H19N3O3/c1-17(2,16(22)23)8-9-19-15(21)13-10-18-11-20-14(13)12-6-4-3-5-7-12/h3-7,10-11H,8-9H2,1-2H3,(H,19,21)(H,22,23). The molecule has 6 nitrogen and oxygen atoms in total. The van der Waals surface area contributed by atoms with Crippen LogP contribution in [0.1, 0.15) is 30.6 Å². The fourth-order valence-corrected chi connectivity index (χ4v) is 2.01. The number of amides is 1. The maximum atomic E-state index is 12.4. The molecule has 0 fully saturated rings. The third kappa shape index (κ3) is 4.12. The van der Waals surface area contributed by atoms with Gasteiger partial charge in [-0.1, -0.05) is 30.3 Å². The highest BCUT2D eigenvalue weighted by atomic mass is 16.4. The molecule has 0 aliphatic carbocycles. The van der Waals surface area contributed by atoms with E-state index in [1.165, 1.54) is 12.5 Å². The van der Waals surface area contributed by atoms with Crippen LogP contribution in [0, 0.1) is 5.41 Å². The van der Waals surface area contributed by atoms with Gasteiger partial charge in [0.25, 0.3) is 5.91 Å². The van der Waals surface area contributed by atoms with E-state index in [4.69, 9.17) is 5.11 Å². The minimum absolute atomic E-state index is 0.265. The lowest BCUT2D eigenvalue weighted by Gasteiger charge is -2.19. The van der Waals surface area contributed by atoms with Gasteiger partial charge in [-0.15, -0.1) is 0 Å². The van der Waals surface area contributed by atoms with Crippen molar-refractivity contribution in [2.75, 3.05) is 6.54 Å². The van der Waals surface area contributed by atoms with Gasteiger partial charge in [-0.05, 0) is 20.3 Å². The summed E-state index contributed by atoms with van der Waals surface area (Å²) in [4.78, 5) is 31.5. The molecule has 23 heavy (non-hydrogen) atoms. The monoisotopic (exact) mass is 313 g/mol. The average Bonchev–Trinajstić information content (AvgIpc) is 2.55. The van der Waals surface area contributed by atoms with Gasteiger partial charge in [0.2, 0.25) is 0 Å². The van der Waals surface area contributed by atoms with Gasteiger partial charge in [0.15, 0.2) is 0 Å². The summed E-state index contributed by atoms with van der Waals surface area (Å²) in [7, 11) is 0. The smallest absolute Gasteiger partial charge is 0.309 e. The van der Waals surface area contributed by atoms with E-state index < -0.39 is 11.4 Å². The minimum atomic E-state index is -0.889. The molecule has 6 heteroatoms. The number of aliphatic carboxylic acids is 1. The van der Waals surface area contributed by atoms with Crippen molar-refractivity contribution in [3.8, 4) is 11.3 Å². The summed E-state index contributed by atoms with van der Waals surface area (Å²) in [6, 6.07) is 9.36. The zero-order valence-electron chi connectivity index (χ0n) is 13.1. The fourth-order valence-electron chi connectivity index (χ4n) is 2.01. The van der Waals surface area contributed by atoms with Gasteiger partial charge >= 0.3 is 5.97 Å². The number of benzene rings is 1. The van der Waals surface area contributed by atoms with Crippen molar-refractivity contribution in [3.63, 3.8) is 0 Å². The number of hydrogen-bond acceptors (Lipinski definition) is 4. The summed E-state index contributed by atoms with van der Waals surface area (Å²) in [6.45, 7) is 3.52. The van der Waals surface area contributed by atoms with Gasteiger partial charge in [-0.2, -0.15) is 0 Å². The third-order valence-corrected chi connectivity index (χ3v) is 3.62. The lowest BCUT2D eigenvalue weighted by molar-refractivity contribution is -0.147. The van der Waals surface area contributed by atoms with Crippen LogP contribution in [-0.2, 0) is 4.79 Å². The molecule has 0 saturated heterocycles. The van der Waals surface area contributed by atoms with Crippen molar-refractivity contribution in [2.24, 2.45) is 5.41 Å². The van der Waals surface area contributed by atoms with Crippen LogP contribution in [0.3, 0.4) is 0 Å². The summed E-state index contributed by atoms with van der Waals surface area (Å²) < 4.78 is 0. The largest absolute Gasteiger partial charge is 0.481 e. The second-order valence-electron chi connectivity index (χ2n) is 5.85. The molecule has 1 aromatic carbocycles. The molecule has 1 heterocycles. The molecule has 0 atom stereocenters. The molecule has 2 aromatic rings. The summed E-state index contributed by atoms with van der Waals surface area (Å²) in [5, 5.41) is 11.8. The van der Waals surface area contributed by atoms with E-state index in [2.05, 4.69) is 15.3 Å². The molecule has 0 radical (unpaired) electrons. The number of rotatable bonds is 6. The van der Waals surface area contributed by atoms with Crippen molar-refractivity contribution in [1.82, 2.24) is 15.3 Å². The van der Waals surface area contributed by atoms with Crippen molar-refractivity contribution in [1.29, 1.82) is 0 Å². The Balaban J connectivity index is 2.11. The van der Waals surface area contributed by atoms with E-state index >= 15 is 0 Å². The molecule has 0 aliphatic heterocycles. The van der Waals surface area contributed by atoms with Gasteiger partial charge < -0.3 is 10.4 Å². The Labute approximate surface area is 134 Å². The van der Waals surface area contributed by atoms with Gasteiger partial charge in [0, 0.05) is 18.3 Å². The van der Waals surface area contributed by atoms with Crippen LogP contribution in [0.2, 0.25) is 0 Å². The lowest BCUT2D eigenvalue weighted by Crippen LogP contribution is -2.32. The normalized spacial score (nSPS) is 11.0. The SMILES string of the molecule is CC(C)(CCNC(=O)c1cncnc1-c1ccccc1)C(=O)O. The number of carboxylic acid groups (broad SMARTS) is 1. The van der Waals surface area contributed by atoms with Gasteiger partial charge in [0.1, 0.15) is 6.33 Å². The number of carbonyl (C=O) groups excluding carboxylic acids is 1. The van der Waals surface area contributed by atoms with Crippen molar-refractivity contribution in [2.45, 2.75) is 20.3 Å². The number of carboxylic acids is 1. The first-order valence-corrected chi connectivity index (χ1v) is 7.29. The zero-order chi connectivity index (χ0) is 16.9. The Hall–Kier alpha value is -2.76. The number of carbonyl (C=O) groups is 2. The van der Waals surface area contributed by atoms with Gasteiger partial charge in [-0.3, -0.25) is 9.59 Å². The predicted molar refractivity (Wildman–Crippen MR) is 85.8 cm³/mol. The van der Waals surface area contributed by atoms with Crippen LogP contribution in [0.4, 0.5) is 0 Å². The second-order valence-corrected chi connectivity index (χ2v) is 5.85. The van der Waals surface area contributed by atoms with Crippen LogP contribution < -0.4 is 5.32 Å². The summed E-state index contributed by atoms with van der Waals surface area (Å²) in [5.74, 6) is -1.20. The average molecular weight is 313 g/mol. The molecule has 0 saturated carbocycles. The highest BCUT2D eigenvalue weighted by molar-refractivity contribution is 5.99. The van der Waals surface area contributed by atoms with Gasteiger partial charge in [0.05, 0.1) is 16.7 Å². The van der Waals surface area contributed by atoms with Crippen molar-refractivity contribution >= 4 is 11.9 Å². The van der Waals surface area contributed by atoms with Crippen LogP contribution in [0.15, 0.2) is 42.9 Å². The molecule has 2 rings (SSSR count). The Bertz CT molecular complexity index is 699. The summed E-state index contributed by atoms with van der Waals surface area (Å²) in [6.07, 6.45) is 3.20. The van der Waals surface area contributed by atoms with E-state index in [9.17, 15) is 9.59 Å². The first-order chi connectivity index (χ1) is 10.9. The Morgan fingerprint density at radius 1 is 1.22 bits per heavy atom. The number of nitrogens with one attached hydrogen (secondary N) is 1. The maximum Gasteiger partial charge on any atom is 0.309 e. The Morgan fingerprint density at radius 2 is 1.91 bits per heavy atom. The topological polar surface area (TPSA) is 92.2 Å². The number of nitrogens with zero attached hydrogens (tertiary/aromatic N) is 2. The van der Waals surface area contributed by atoms with E-state index in [0.29, 0.717) is 17.7 Å². The van der Waals surface area contributed by atoms with Crippen LogP contribution in [0.5, 0.6) is 0 Å². The number of hydrogen-bond donors (Lipinski definition) is 2. The minimum Gasteiger partial charge on any atom is -0.481 e. The fraction of sp³-hybridized carbons (Fsp3) is 0.294. The quantitative estimate of drug-likeness (QED) is 0.854. The second kappa shape index (κ2) is 7.00. The molecule has 0 aliphatic rings. The van der Waals surface area contributed by atoms with Crippen LogP contribution in [-0.4, -0.2) is 33.5 Å². The lowest BCUT2D eigenvalue weighted by atomic mass is 9.89.